The van der Waals surface area contributed by atoms with Gasteiger partial charge in [0, 0.05) is 18.4 Å². The molecule has 0 radical (unpaired) electrons. The van der Waals surface area contributed by atoms with E-state index in [1.807, 2.05) is 67.7 Å². The van der Waals surface area contributed by atoms with Crippen molar-refractivity contribution in [1.29, 1.82) is 0 Å². The van der Waals surface area contributed by atoms with E-state index in [1.54, 1.807) is 15.8 Å². The zero-order valence-corrected chi connectivity index (χ0v) is 13.5. The molecule has 1 aromatic heterocycles. The van der Waals surface area contributed by atoms with E-state index in [9.17, 15) is 4.79 Å². The number of amides is 1. The number of nitrogens with zero attached hydrogens (tertiary/aromatic N) is 4. The summed E-state index contributed by atoms with van der Waals surface area (Å²) in [5, 5.41) is 8.55. The first-order valence-electron chi connectivity index (χ1n) is 7.15. The Balaban J connectivity index is 1.83. The fraction of sp³-hybridized carbons (Fsp3) is 0.118. The van der Waals surface area contributed by atoms with Gasteiger partial charge >= 0.3 is 0 Å². The van der Waals surface area contributed by atoms with Gasteiger partial charge < -0.3 is 4.57 Å². The lowest BCUT2D eigenvalue weighted by Crippen LogP contribution is -2.27. The molecule has 0 bridgehead atoms. The van der Waals surface area contributed by atoms with Crippen LogP contribution >= 0.6 is 11.8 Å². The zero-order valence-electron chi connectivity index (χ0n) is 12.7. The average Bonchev–Trinajstić information content (AvgIpc) is 3.00. The molecular weight excluding hydrogens is 308 g/mol. The van der Waals surface area contributed by atoms with Crippen LogP contribution in [0.2, 0.25) is 0 Å². The maximum absolute atomic E-state index is 12.8. The van der Waals surface area contributed by atoms with Gasteiger partial charge in [-0.3, -0.25) is 9.69 Å². The van der Waals surface area contributed by atoms with Gasteiger partial charge in [-0.15, -0.1) is 10.2 Å². The third kappa shape index (κ3) is 3.60. The van der Waals surface area contributed by atoms with E-state index < -0.39 is 0 Å². The van der Waals surface area contributed by atoms with Gasteiger partial charge in [-0.1, -0.05) is 48.2 Å². The number of anilines is 2. The van der Waals surface area contributed by atoms with Crippen LogP contribution in [0.4, 0.5) is 11.4 Å². The summed E-state index contributed by atoms with van der Waals surface area (Å²) in [6.07, 6.45) is 1.62. The van der Waals surface area contributed by atoms with Crippen molar-refractivity contribution in [3.63, 3.8) is 0 Å². The highest BCUT2D eigenvalue weighted by atomic mass is 32.2. The number of carbonyl (C=O) groups excluding carboxylic acids is 1. The van der Waals surface area contributed by atoms with E-state index in [0.29, 0.717) is 0 Å². The number of aromatic nitrogens is 3. The maximum Gasteiger partial charge on any atom is 0.242 e. The molecule has 0 aliphatic carbocycles. The second-order valence-electron chi connectivity index (χ2n) is 4.91. The molecule has 116 valence electrons. The molecule has 6 heteroatoms. The predicted octanol–water partition coefficient (Wildman–Crippen LogP) is 3.27. The molecule has 0 unspecified atom stereocenters. The molecule has 2 aromatic carbocycles. The van der Waals surface area contributed by atoms with Crippen molar-refractivity contribution in [3.05, 3.63) is 67.0 Å². The molecular formula is C17H16N4OS. The van der Waals surface area contributed by atoms with Crippen LogP contribution in [-0.4, -0.2) is 26.4 Å². The average molecular weight is 324 g/mol. The zero-order chi connectivity index (χ0) is 16.1. The second-order valence-corrected chi connectivity index (χ2v) is 5.86. The molecule has 0 spiro atoms. The summed E-state index contributed by atoms with van der Waals surface area (Å²) >= 11 is 1.38. The fourth-order valence-corrected chi connectivity index (χ4v) is 2.92. The number of hydrogen-bond donors (Lipinski definition) is 0. The molecule has 0 fully saturated rings. The van der Waals surface area contributed by atoms with Crippen molar-refractivity contribution in [2.45, 2.75) is 5.16 Å². The van der Waals surface area contributed by atoms with Crippen LogP contribution < -0.4 is 4.90 Å². The Morgan fingerprint density at radius 3 is 2.09 bits per heavy atom. The Hall–Kier alpha value is -2.60. The molecule has 0 N–H and O–H groups in total. The summed E-state index contributed by atoms with van der Waals surface area (Å²) in [6.45, 7) is 0. The number of hydrogen-bond acceptors (Lipinski definition) is 4. The first-order chi connectivity index (χ1) is 11.3. The summed E-state index contributed by atoms with van der Waals surface area (Å²) in [7, 11) is 1.86. The number of rotatable bonds is 5. The second kappa shape index (κ2) is 7.11. The van der Waals surface area contributed by atoms with E-state index >= 15 is 0 Å². The Bertz CT molecular complexity index is 734. The third-order valence-electron chi connectivity index (χ3n) is 3.27. The molecule has 0 aliphatic heterocycles. The normalized spacial score (nSPS) is 10.5. The molecule has 5 nitrogen and oxygen atoms in total. The fourth-order valence-electron chi connectivity index (χ4n) is 2.19. The minimum absolute atomic E-state index is 0.00426. The summed E-state index contributed by atoms with van der Waals surface area (Å²) < 4.78 is 1.80. The minimum atomic E-state index is -0.00426. The van der Waals surface area contributed by atoms with Gasteiger partial charge in [0.25, 0.3) is 0 Å². The van der Waals surface area contributed by atoms with Crippen LogP contribution in [0.25, 0.3) is 0 Å². The van der Waals surface area contributed by atoms with Crippen molar-refractivity contribution >= 4 is 29.0 Å². The Labute approximate surface area is 139 Å². The van der Waals surface area contributed by atoms with Crippen LogP contribution in [0.15, 0.2) is 72.1 Å². The van der Waals surface area contributed by atoms with Gasteiger partial charge in [0.2, 0.25) is 5.91 Å². The van der Waals surface area contributed by atoms with Gasteiger partial charge in [-0.05, 0) is 24.3 Å². The molecule has 3 rings (SSSR count). The van der Waals surface area contributed by atoms with Gasteiger partial charge in [-0.2, -0.15) is 0 Å². The van der Waals surface area contributed by atoms with Crippen molar-refractivity contribution in [2.24, 2.45) is 7.05 Å². The smallest absolute Gasteiger partial charge is 0.242 e. The molecule has 1 heterocycles. The maximum atomic E-state index is 12.8. The van der Waals surface area contributed by atoms with Crippen molar-refractivity contribution in [3.8, 4) is 0 Å². The first kappa shape index (κ1) is 15.3. The number of benzene rings is 2. The molecule has 0 saturated carbocycles. The lowest BCUT2D eigenvalue weighted by Gasteiger charge is -2.22. The van der Waals surface area contributed by atoms with Crippen LogP contribution in [0.3, 0.4) is 0 Å². The number of para-hydroxylation sites is 2. The van der Waals surface area contributed by atoms with Gasteiger partial charge in [-0.25, -0.2) is 0 Å². The molecule has 0 atom stereocenters. The van der Waals surface area contributed by atoms with Crippen LogP contribution in [0, 0.1) is 0 Å². The first-order valence-corrected chi connectivity index (χ1v) is 8.14. The van der Waals surface area contributed by atoms with E-state index in [0.717, 1.165) is 16.5 Å². The van der Waals surface area contributed by atoms with Gasteiger partial charge in [0.1, 0.15) is 6.33 Å². The highest BCUT2D eigenvalue weighted by molar-refractivity contribution is 7.99. The summed E-state index contributed by atoms with van der Waals surface area (Å²) in [5.74, 6) is 0.284. The Morgan fingerprint density at radius 2 is 1.61 bits per heavy atom. The quantitative estimate of drug-likeness (QED) is 0.676. The van der Waals surface area contributed by atoms with Crippen molar-refractivity contribution in [1.82, 2.24) is 14.8 Å². The number of thioether (sulfide) groups is 1. The van der Waals surface area contributed by atoms with E-state index in [4.69, 9.17) is 0 Å². The lowest BCUT2D eigenvalue weighted by atomic mass is 10.2. The Kier molecular flexibility index (Phi) is 4.73. The standard InChI is InChI=1S/C17H16N4OS/c1-20-13-18-19-17(20)23-12-16(22)21(14-8-4-2-5-9-14)15-10-6-3-7-11-15/h2-11,13H,12H2,1H3. The number of carbonyl (C=O) groups is 1. The largest absolute Gasteiger partial charge is 0.312 e. The van der Waals surface area contributed by atoms with Crippen molar-refractivity contribution < 1.29 is 4.79 Å². The van der Waals surface area contributed by atoms with Gasteiger partial charge in [0.05, 0.1) is 5.75 Å². The van der Waals surface area contributed by atoms with E-state index in [1.165, 1.54) is 11.8 Å². The summed E-state index contributed by atoms with van der Waals surface area (Å²) in [4.78, 5) is 14.5. The van der Waals surface area contributed by atoms with Crippen LogP contribution in [0.5, 0.6) is 0 Å². The monoisotopic (exact) mass is 324 g/mol. The van der Waals surface area contributed by atoms with Crippen molar-refractivity contribution in [2.75, 3.05) is 10.7 Å². The third-order valence-corrected chi connectivity index (χ3v) is 4.29. The van der Waals surface area contributed by atoms with E-state index in [-0.39, 0.29) is 11.7 Å². The minimum Gasteiger partial charge on any atom is -0.312 e. The SMILES string of the molecule is Cn1cnnc1SCC(=O)N(c1ccccc1)c1ccccc1. The molecule has 0 aliphatic rings. The Morgan fingerprint density at radius 1 is 1.04 bits per heavy atom. The highest BCUT2D eigenvalue weighted by Gasteiger charge is 2.18. The predicted molar refractivity (Wildman–Crippen MR) is 91.8 cm³/mol. The van der Waals surface area contributed by atoms with Gasteiger partial charge in [0.15, 0.2) is 5.16 Å². The van der Waals surface area contributed by atoms with E-state index in [2.05, 4.69) is 10.2 Å². The highest BCUT2D eigenvalue weighted by Crippen LogP contribution is 2.26. The molecule has 0 saturated heterocycles. The van der Waals surface area contributed by atoms with Crippen LogP contribution in [-0.2, 0) is 11.8 Å². The molecule has 23 heavy (non-hydrogen) atoms. The molecule has 1 amide bonds. The number of aryl methyl sites for hydroxylation is 1. The topological polar surface area (TPSA) is 51.0 Å². The summed E-state index contributed by atoms with van der Waals surface area (Å²) in [5.41, 5.74) is 1.70. The lowest BCUT2D eigenvalue weighted by molar-refractivity contribution is -0.115. The van der Waals surface area contributed by atoms with Crippen LogP contribution in [0.1, 0.15) is 0 Å². The molecule has 3 aromatic rings. The summed E-state index contributed by atoms with van der Waals surface area (Å²) in [6, 6.07) is 19.3.